The predicted molar refractivity (Wildman–Crippen MR) is 65.7 cm³/mol. The summed E-state index contributed by atoms with van der Waals surface area (Å²) in [7, 11) is 1.85. The van der Waals surface area contributed by atoms with E-state index in [9.17, 15) is 9.59 Å². The molecule has 0 aromatic carbocycles. The average Bonchev–Trinajstić information content (AvgIpc) is 3.01. The number of aliphatic carboxylic acids is 1. The summed E-state index contributed by atoms with van der Waals surface area (Å²) in [6, 6.07) is 0.287. The molecule has 1 aliphatic rings. The highest BCUT2D eigenvalue weighted by molar-refractivity contribution is 5.76. The summed E-state index contributed by atoms with van der Waals surface area (Å²) in [4.78, 5) is 24.0. The Morgan fingerprint density at radius 1 is 1.29 bits per heavy atom. The van der Waals surface area contributed by atoms with Crippen molar-refractivity contribution in [2.75, 3.05) is 7.05 Å². The van der Waals surface area contributed by atoms with Gasteiger partial charge in [-0.05, 0) is 38.0 Å². The molecule has 98 valence electrons. The maximum Gasteiger partial charge on any atom is 0.303 e. The zero-order valence-electron chi connectivity index (χ0n) is 11.0. The molecule has 1 rings (SSSR count). The second-order valence-corrected chi connectivity index (χ2v) is 5.44. The number of carbonyl (C=O) groups excluding carboxylic acids is 1. The van der Waals surface area contributed by atoms with Gasteiger partial charge in [-0.15, -0.1) is 0 Å². The highest BCUT2D eigenvalue weighted by atomic mass is 16.4. The smallest absolute Gasteiger partial charge is 0.303 e. The number of amides is 1. The van der Waals surface area contributed by atoms with Crippen LogP contribution in [0.1, 0.15) is 52.4 Å². The Balaban J connectivity index is 2.25. The maximum atomic E-state index is 11.9. The lowest BCUT2D eigenvalue weighted by Crippen LogP contribution is -2.39. The summed E-state index contributed by atoms with van der Waals surface area (Å²) in [6.45, 7) is 4.31. The van der Waals surface area contributed by atoms with Crippen LogP contribution in [0.25, 0.3) is 0 Å². The molecular weight excluding hydrogens is 218 g/mol. The molecule has 1 unspecified atom stereocenters. The minimum Gasteiger partial charge on any atom is -0.481 e. The Bertz CT molecular complexity index is 297. The quantitative estimate of drug-likeness (QED) is 0.696. The van der Waals surface area contributed by atoms with Gasteiger partial charge in [-0.3, -0.25) is 9.59 Å². The Morgan fingerprint density at radius 3 is 2.29 bits per heavy atom. The topological polar surface area (TPSA) is 57.6 Å². The highest BCUT2D eigenvalue weighted by Gasteiger charge is 2.44. The van der Waals surface area contributed by atoms with Crippen molar-refractivity contribution in [3.63, 3.8) is 0 Å². The molecule has 17 heavy (non-hydrogen) atoms. The number of carboxylic acids is 1. The van der Waals surface area contributed by atoms with Gasteiger partial charge >= 0.3 is 5.97 Å². The second-order valence-electron chi connectivity index (χ2n) is 5.44. The Kier molecular flexibility index (Phi) is 4.54. The van der Waals surface area contributed by atoms with Gasteiger partial charge in [0.25, 0.3) is 0 Å². The van der Waals surface area contributed by atoms with Gasteiger partial charge in [0.2, 0.25) is 5.91 Å². The highest BCUT2D eigenvalue weighted by Crippen LogP contribution is 2.49. The Hall–Kier alpha value is -1.06. The van der Waals surface area contributed by atoms with E-state index in [0.717, 1.165) is 0 Å². The summed E-state index contributed by atoms with van der Waals surface area (Å²) >= 11 is 0. The minimum absolute atomic E-state index is 0.135. The molecule has 4 nitrogen and oxygen atoms in total. The second kappa shape index (κ2) is 5.52. The number of carboxylic acid groups (broad SMARTS) is 1. The monoisotopic (exact) mass is 241 g/mol. The molecule has 0 aromatic heterocycles. The van der Waals surface area contributed by atoms with Crippen molar-refractivity contribution in [1.29, 1.82) is 0 Å². The summed E-state index contributed by atoms with van der Waals surface area (Å²) < 4.78 is 0. The zero-order valence-corrected chi connectivity index (χ0v) is 11.0. The number of rotatable bonds is 7. The normalized spacial score (nSPS) is 18.5. The van der Waals surface area contributed by atoms with Crippen molar-refractivity contribution in [3.05, 3.63) is 0 Å². The van der Waals surface area contributed by atoms with Crippen molar-refractivity contribution >= 4 is 11.9 Å². The third kappa shape index (κ3) is 4.02. The van der Waals surface area contributed by atoms with E-state index in [1.54, 1.807) is 0 Å². The summed E-state index contributed by atoms with van der Waals surface area (Å²) in [6.07, 6.45) is 4.27. The first-order valence-corrected chi connectivity index (χ1v) is 6.34. The number of nitrogens with zero attached hydrogens (tertiary/aromatic N) is 1. The van der Waals surface area contributed by atoms with Gasteiger partial charge in [0.05, 0.1) is 0 Å². The third-order valence-electron chi connectivity index (χ3n) is 4.05. The maximum absolute atomic E-state index is 11.9. The molecule has 4 heteroatoms. The van der Waals surface area contributed by atoms with E-state index in [-0.39, 0.29) is 18.4 Å². The van der Waals surface area contributed by atoms with E-state index in [2.05, 4.69) is 13.8 Å². The first-order chi connectivity index (χ1) is 7.87. The third-order valence-corrected chi connectivity index (χ3v) is 4.05. The van der Waals surface area contributed by atoms with Gasteiger partial charge in [0, 0.05) is 25.9 Å². The molecule has 1 amide bonds. The molecule has 1 fully saturated rings. The van der Waals surface area contributed by atoms with Crippen molar-refractivity contribution in [2.24, 2.45) is 5.41 Å². The van der Waals surface area contributed by atoms with Crippen molar-refractivity contribution in [1.82, 2.24) is 4.90 Å². The molecule has 0 radical (unpaired) electrons. The SMILES string of the molecule is CC(N(C)C(=O)CCCCC(=O)O)C1(C)CC1. The molecular formula is C13H23NO3. The van der Waals surface area contributed by atoms with E-state index < -0.39 is 5.97 Å². The van der Waals surface area contributed by atoms with Gasteiger partial charge in [-0.1, -0.05) is 6.92 Å². The van der Waals surface area contributed by atoms with E-state index in [4.69, 9.17) is 5.11 Å². The fourth-order valence-electron chi connectivity index (χ4n) is 2.03. The predicted octanol–water partition coefficient (Wildman–Crippen LogP) is 2.28. The van der Waals surface area contributed by atoms with Crippen LogP contribution in [0.15, 0.2) is 0 Å². The Morgan fingerprint density at radius 2 is 1.82 bits per heavy atom. The van der Waals surface area contributed by atoms with Gasteiger partial charge in [-0.25, -0.2) is 0 Å². The van der Waals surface area contributed by atoms with Crippen LogP contribution in [-0.2, 0) is 9.59 Å². The summed E-state index contributed by atoms with van der Waals surface area (Å²) in [5.41, 5.74) is 0.311. The molecule has 0 bridgehead atoms. The van der Waals surface area contributed by atoms with Crippen LogP contribution >= 0.6 is 0 Å². The molecule has 0 aliphatic heterocycles. The lowest BCUT2D eigenvalue weighted by atomic mass is 9.99. The van der Waals surface area contributed by atoms with Crippen LogP contribution in [0.5, 0.6) is 0 Å². The lowest BCUT2D eigenvalue weighted by Gasteiger charge is -2.30. The van der Waals surface area contributed by atoms with Crippen molar-refractivity contribution in [3.8, 4) is 0 Å². The zero-order chi connectivity index (χ0) is 13.1. The van der Waals surface area contributed by atoms with Crippen LogP contribution in [0.2, 0.25) is 0 Å². The van der Waals surface area contributed by atoms with Crippen molar-refractivity contribution in [2.45, 2.75) is 58.4 Å². The average molecular weight is 241 g/mol. The molecule has 0 spiro atoms. The van der Waals surface area contributed by atoms with E-state index in [0.29, 0.717) is 24.7 Å². The van der Waals surface area contributed by atoms with Gasteiger partial charge < -0.3 is 10.0 Å². The number of carbonyl (C=O) groups is 2. The fraction of sp³-hybridized carbons (Fsp3) is 0.846. The molecule has 1 N–H and O–H groups in total. The molecule has 0 saturated heterocycles. The largest absolute Gasteiger partial charge is 0.481 e. The van der Waals surface area contributed by atoms with Crippen LogP contribution in [0.3, 0.4) is 0 Å². The summed E-state index contributed by atoms with van der Waals surface area (Å²) in [5.74, 6) is -0.652. The van der Waals surface area contributed by atoms with Gasteiger partial charge in [0.15, 0.2) is 0 Å². The first kappa shape index (κ1) is 14.0. The van der Waals surface area contributed by atoms with Crippen LogP contribution in [0.4, 0.5) is 0 Å². The lowest BCUT2D eigenvalue weighted by molar-refractivity contribution is -0.137. The van der Waals surface area contributed by atoms with Gasteiger partial charge in [-0.2, -0.15) is 0 Å². The van der Waals surface area contributed by atoms with Crippen LogP contribution in [-0.4, -0.2) is 35.0 Å². The molecule has 1 atom stereocenters. The number of hydrogen-bond donors (Lipinski definition) is 1. The van der Waals surface area contributed by atoms with E-state index in [1.165, 1.54) is 12.8 Å². The minimum atomic E-state index is -0.787. The van der Waals surface area contributed by atoms with Crippen LogP contribution in [0, 0.1) is 5.41 Å². The van der Waals surface area contributed by atoms with E-state index >= 15 is 0 Å². The number of unbranched alkanes of at least 4 members (excludes halogenated alkanes) is 1. The van der Waals surface area contributed by atoms with Gasteiger partial charge in [0.1, 0.15) is 0 Å². The van der Waals surface area contributed by atoms with Crippen LogP contribution < -0.4 is 0 Å². The fourth-order valence-corrected chi connectivity index (χ4v) is 2.03. The number of hydrogen-bond acceptors (Lipinski definition) is 2. The molecule has 1 aliphatic carbocycles. The first-order valence-electron chi connectivity index (χ1n) is 6.34. The summed E-state index contributed by atoms with van der Waals surface area (Å²) in [5, 5.41) is 8.50. The standard InChI is InChI=1S/C13H23NO3/c1-10(13(2)8-9-13)14(3)11(15)6-4-5-7-12(16)17/h10H,4-9H2,1-3H3,(H,16,17). The van der Waals surface area contributed by atoms with E-state index in [1.807, 2.05) is 11.9 Å². The molecule has 0 aromatic rings. The molecule has 1 saturated carbocycles. The Labute approximate surface area is 103 Å². The molecule has 0 heterocycles. The van der Waals surface area contributed by atoms with Crippen molar-refractivity contribution < 1.29 is 14.7 Å².